The Bertz CT molecular complexity index is 893. The lowest BCUT2D eigenvalue weighted by atomic mass is 10.1. The minimum Gasteiger partial charge on any atom is -0.365 e. The van der Waals surface area contributed by atoms with Crippen LogP contribution in [0.1, 0.15) is 23.6 Å². The summed E-state index contributed by atoms with van der Waals surface area (Å²) < 4.78 is 0. The standard InChI is InChI=1S/C22H24N4OS/c1-3-17-8-10-19(11-9-17)24-21(27)15-28-22-13-12-20(25-26-22)23-14-18-6-4-16(2)5-7-18/h4-13H,3,14-15H2,1-2H3,(H,23,25)(H,24,27). The van der Waals surface area contributed by atoms with Gasteiger partial charge in [0.2, 0.25) is 5.91 Å². The molecule has 0 aliphatic rings. The molecule has 1 aromatic heterocycles. The summed E-state index contributed by atoms with van der Waals surface area (Å²) in [6.07, 6.45) is 0.985. The topological polar surface area (TPSA) is 66.9 Å². The summed E-state index contributed by atoms with van der Waals surface area (Å²) in [5.41, 5.74) is 4.49. The highest BCUT2D eigenvalue weighted by Gasteiger charge is 2.06. The van der Waals surface area contributed by atoms with Gasteiger partial charge in [0, 0.05) is 12.2 Å². The van der Waals surface area contributed by atoms with E-state index in [2.05, 4.69) is 58.9 Å². The first-order valence-corrected chi connectivity index (χ1v) is 10.3. The van der Waals surface area contributed by atoms with Gasteiger partial charge in [-0.05, 0) is 48.7 Å². The molecule has 28 heavy (non-hydrogen) atoms. The molecule has 0 bridgehead atoms. The number of rotatable bonds is 8. The van der Waals surface area contributed by atoms with Crippen molar-refractivity contribution in [2.45, 2.75) is 31.8 Å². The summed E-state index contributed by atoms with van der Waals surface area (Å²) in [6, 6.07) is 20.0. The van der Waals surface area contributed by atoms with E-state index in [1.165, 1.54) is 28.5 Å². The number of nitrogens with one attached hydrogen (secondary N) is 2. The number of thioether (sulfide) groups is 1. The van der Waals surface area contributed by atoms with E-state index < -0.39 is 0 Å². The number of amides is 1. The van der Waals surface area contributed by atoms with Gasteiger partial charge in [-0.25, -0.2) is 0 Å². The van der Waals surface area contributed by atoms with Gasteiger partial charge >= 0.3 is 0 Å². The van der Waals surface area contributed by atoms with Crippen LogP contribution in [-0.2, 0) is 17.8 Å². The zero-order valence-electron chi connectivity index (χ0n) is 16.1. The van der Waals surface area contributed by atoms with Crippen LogP contribution in [0, 0.1) is 6.92 Å². The highest BCUT2D eigenvalue weighted by molar-refractivity contribution is 7.99. The average Bonchev–Trinajstić information content (AvgIpc) is 2.73. The first-order chi connectivity index (χ1) is 13.6. The lowest BCUT2D eigenvalue weighted by molar-refractivity contribution is -0.113. The van der Waals surface area contributed by atoms with Gasteiger partial charge < -0.3 is 10.6 Å². The molecule has 0 unspecified atom stereocenters. The SMILES string of the molecule is CCc1ccc(NC(=O)CSc2ccc(NCc3ccc(C)cc3)nn2)cc1. The molecule has 3 rings (SSSR count). The highest BCUT2D eigenvalue weighted by atomic mass is 32.2. The number of hydrogen-bond donors (Lipinski definition) is 2. The number of aromatic nitrogens is 2. The van der Waals surface area contributed by atoms with Crippen molar-refractivity contribution in [3.05, 3.63) is 77.4 Å². The predicted molar refractivity (Wildman–Crippen MR) is 116 cm³/mol. The molecule has 0 saturated carbocycles. The van der Waals surface area contributed by atoms with Crippen LogP contribution < -0.4 is 10.6 Å². The summed E-state index contributed by atoms with van der Waals surface area (Å²) in [6.45, 7) is 4.87. The molecule has 0 saturated heterocycles. The van der Waals surface area contributed by atoms with Crippen LogP contribution in [0.4, 0.5) is 11.5 Å². The molecule has 0 atom stereocenters. The van der Waals surface area contributed by atoms with Crippen LogP contribution in [0.5, 0.6) is 0 Å². The molecule has 2 N–H and O–H groups in total. The number of nitrogens with zero attached hydrogens (tertiary/aromatic N) is 2. The fourth-order valence-corrected chi connectivity index (χ4v) is 3.16. The van der Waals surface area contributed by atoms with Crippen LogP contribution in [0.25, 0.3) is 0 Å². The van der Waals surface area contributed by atoms with Gasteiger partial charge in [0.25, 0.3) is 0 Å². The first kappa shape index (κ1) is 19.9. The van der Waals surface area contributed by atoms with Gasteiger partial charge in [-0.2, -0.15) is 0 Å². The molecule has 0 aliphatic heterocycles. The van der Waals surface area contributed by atoms with Crippen LogP contribution in [0.3, 0.4) is 0 Å². The van der Waals surface area contributed by atoms with Crippen molar-refractivity contribution in [1.82, 2.24) is 10.2 Å². The predicted octanol–water partition coefficient (Wildman–Crippen LogP) is 4.69. The average molecular weight is 393 g/mol. The Morgan fingerprint density at radius 3 is 2.29 bits per heavy atom. The molecule has 5 nitrogen and oxygen atoms in total. The van der Waals surface area contributed by atoms with Crippen molar-refractivity contribution in [2.75, 3.05) is 16.4 Å². The van der Waals surface area contributed by atoms with E-state index in [1.54, 1.807) is 0 Å². The van der Waals surface area contributed by atoms with Crippen LogP contribution in [0.15, 0.2) is 65.7 Å². The van der Waals surface area contributed by atoms with Crippen molar-refractivity contribution >= 4 is 29.2 Å². The lowest BCUT2D eigenvalue weighted by Crippen LogP contribution is -2.14. The Labute approximate surface area is 170 Å². The van der Waals surface area contributed by atoms with Crippen molar-refractivity contribution < 1.29 is 4.79 Å². The minimum atomic E-state index is -0.0578. The fraction of sp³-hybridized carbons (Fsp3) is 0.227. The molecule has 0 radical (unpaired) electrons. The zero-order valence-corrected chi connectivity index (χ0v) is 16.9. The monoisotopic (exact) mass is 392 g/mol. The van der Waals surface area contributed by atoms with Crippen LogP contribution in [0.2, 0.25) is 0 Å². The normalized spacial score (nSPS) is 10.5. The Hall–Kier alpha value is -2.86. The van der Waals surface area contributed by atoms with Gasteiger partial charge in [-0.3, -0.25) is 4.79 Å². The number of anilines is 2. The molecule has 6 heteroatoms. The Balaban J connectivity index is 1.44. The molecule has 0 spiro atoms. The molecule has 1 amide bonds. The number of carbonyl (C=O) groups is 1. The molecule has 0 fully saturated rings. The van der Waals surface area contributed by atoms with Gasteiger partial charge in [-0.15, -0.1) is 10.2 Å². The second kappa shape index (κ2) is 9.90. The van der Waals surface area contributed by atoms with Gasteiger partial charge in [0.1, 0.15) is 10.8 Å². The third kappa shape index (κ3) is 6.09. The molecule has 0 aliphatic carbocycles. The van der Waals surface area contributed by atoms with Crippen LogP contribution in [-0.4, -0.2) is 21.9 Å². The molecule has 144 valence electrons. The molecule has 1 heterocycles. The lowest BCUT2D eigenvalue weighted by Gasteiger charge is -2.07. The Morgan fingerprint density at radius 1 is 0.929 bits per heavy atom. The van der Waals surface area contributed by atoms with E-state index in [9.17, 15) is 4.79 Å². The maximum atomic E-state index is 12.1. The van der Waals surface area contributed by atoms with Crippen molar-refractivity contribution in [1.29, 1.82) is 0 Å². The second-order valence-corrected chi connectivity index (χ2v) is 7.48. The summed E-state index contributed by atoms with van der Waals surface area (Å²) in [5.74, 6) is 0.948. The largest absolute Gasteiger partial charge is 0.365 e. The van der Waals surface area contributed by atoms with Gasteiger partial charge in [-0.1, -0.05) is 60.6 Å². The molecular weight excluding hydrogens is 368 g/mol. The zero-order chi connectivity index (χ0) is 19.8. The minimum absolute atomic E-state index is 0.0578. The van der Waals surface area contributed by atoms with Gasteiger partial charge in [0.15, 0.2) is 0 Å². The third-order valence-corrected chi connectivity index (χ3v) is 5.15. The molecule has 2 aromatic carbocycles. The maximum absolute atomic E-state index is 12.1. The van der Waals surface area contributed by atoms with Gasteiger partial charge in [0.05, 0.1) is 5.75 Å². The molecule has 3 aromatic rings. The first-order valence-electron chi connectivity index (χ1n) is 9.27. The summed E-state index contributed by atoms with van der Waals surface area (Å²) in [4.78, 5) is 12.1. The smallest absolute Gasteiger partial charge is 0.234 e. The fourth-order valence-electron chi connectivity index (χ4n) is 2.55. The molecular formula is C22H24N4OS. The third-order valence-electron chi connectivity index (χ3n) is 4.23. The van der Waals surface area contributed by atoms with E-state index >= 15 is 0 Å². The quantitative estimate of drug-likeness (QED) is 0.544. The van der Waals surface area contributed by atoms with Crippen molar-refractivity contribution in [2.24, 2.45) is 0 Å². The van der Waals surface area contributed by atoms with E-state index in [0.29, 0.717) is 18.1 Å². The maximum Gasteiger partial charge on any atom is 0.234 e. The number of hydrogen-bond acceptors (Lipinski definition) is 5. The highest BCUT2D eigenvalue weighted by Crippen LogP contribution is 2.17. The Kier molecular flexibility index (Phi) is 7.03. The number of aryl methyl sites for hydroxylation is 2. The van der Waals surface area contributed by atoms with Crippen LogP contribution >= 0.6 is 11.8 Å². The van der Waals surface area contributed by atoms with E-state index in [4.69, 9.17) is 0 Å². The van der Waals surface area contributed by atoms with Crippen molar-refractivity contribution in [3.8, 4) is 0 Å². The Morgan fingerprint density at radius 2 is 1.64 bits per heavy atom. The van der Waals surface area contributed by atoms with Crippen molar-refractivity contribution in [3.63, 3.8) is 0 Å². The van der Waals surface area contributed by atoms with E-state index in [-0.39, 0.29) is 5.91 Å². The van der Waals surface area contributed by atoms with E-state index in [0.717, 1.165) is 17.1 Å². The van der Waals surface area contributed by atoms with E-state index in [1.807, 2.05) is 36.4 Å². The summed E-state index contributed by atoms with van der Waals surface area (Å²) in [5, 5.41) is 15.2. The summed E-state index contributed by atoms with van der Waals surface area (Å²) in [7, 11) is 0. The summed E-state index contributed by atoms with van der Waals surface area (Å²) >= 11 is 1.37. The number of carbonyl (C=O) groups excluding carboxylic acids is 1. The second-order valence-electron chi connectivity index (χ2n) is 6.48. The number of benzene rings is 2.